The highest BCUT2D eigenvalue weighted by molar-refractivity contribution is 7.80. The number of amides is 1. The monoisotopic (exact) mass is 257 g/mol. The molecule has 1 aliphatic heterocycles. The third-order valence-electron chi connectivity index (χ3n) is 3.84. The minimum Gasteiger partial charge on any atom is -0.392 e. The fourth-order valence-electron chi connectivity index (χ4n) is 2.41. The highest BCUT2D eigenvalue weighted by atomic mass is 32.1. The van der Waals surface area contributed by atoms with E-state index in [1.807, 2.05) is 13.8 Å². The van der Waals surface area contributed by atoms with E-state index in [-0.39, 0.29) is 11.9 Å². The Bertz CT molecular complexity index is 302. The first-order chi connectivity index (χ1) is 7.96. The van der Waals surface area contributed by atoms with Gasteiger partial charge in [0.25, 0.3) is 0 Å². The van der Waals surface area contributed by atoms with Crippen molar-refractivity contribution in [3.05, 3.63) is 0 Å². The number of hydrogen-bond donors (Lipinski definition) is 2. The van der Waals surface area contributed by atoms with Gasteiger partial charge in [0.1, 0.15) is 0 Å². The van der Waals surface area contributed by atoms with E-state index in [4.69, 9.17) is 18.0 Å². The molecule has 4 nitrogen and oxygen atoms in total. The summed E-state index contributed by atoms with van der Waals surface area (Å²) in [6.45, 7) is 5.86. The topological polar surface area (TPSA) is 58.4 Å². The van der Waals surface area contributed by atoms with E-state index in [0.29, 0.717) is 17.8 Å². The maximum Gasteiger partial charge on any atom is 0.233 e. The molecular formula is C12H23N3OS. The van der Waals surface area contributed by atoms with Gasteiger partial charge in [0, 0.05) is 12.6 Å². The molecule has 1 rings (SSSR count). The van der Waals surface area contributed by atoms with Gasteiger partial charge in [0.15, 0.2) is 0 Å². The molecule has 0 aromatic rings. The molecule has 1 aliphatic rings. The number of carbonyl (C=O) groups is 1. The predicted molar refractivity (Wildman–Crippen MR) is 73.8 cm³/mol. The first kappa shape index (κ1) is 14.4. The Hall–Kier alpha value is -0.680. The lowest BCUT2D eigenvalue weighted by atomic mass is 9.81. The van der Waals surface area contributed by atoms with Crippen molar-refractivity contribution in [3.8, 4) is 0 Å². The Balaban J connectivity index is 2.69. The fourth-order valence-corrected chi connectivity index (χ4v) is 2.79. The molecule has 1 unspecified atom stereocenters. The number of likely N-dealkylation sites (N-methyl/N-ethyl adjacent to an activating group) is 1. The van der Waals surface area contributed by atoms with E-state index >= 15 is 0 Å². The van der Waals surface area contributed by atoms with Gasteiger partial charge in [-0.25, -0.2) is 0 Å². The normalized spacial score (nSPS) is 21.5. The van der Waals surface area contributed by atoms with Crippen LogP contribution in [0.3, 0.4) is 0 Å². The third-order valence-corrected chi connectivity index (χ3v) is 4.23. The standard InChI is InChI=1S/C12H23N3OS/c1-4-12(5-2,10(13)17)11(16)14-9-6-7-15(3)8-9/h9H,4-8H2,1-3H3,(H2,13,17)(H,14,16). The summed E-state index contributed by atoms with van der Waals surface area (Å²) >= 11 is 5.07. The quantitative estimate of drug-likeness (QED) is 0.719. The van der Waals surface area contributed by atoms with Crippen LogP contribution < -0.4 is 11.1 Å². The summed E-state index contributed by atoms with van der Waals surface area (Å²) < 4.78 is 0. The minimum absolute atomic E-state index is 0.00435. The summed E-state index contributed by atoms with van der Waals surface area (Å²) in [6.07, 6.45) is 2.32. The van der Waals surface area contributed by atoms with Crippen LogP contribution in [0.1, 0.15) is 33.1 Å². The number of nitrogens with two attached hydrogens (primary N) is 1. The van der Waals surface area contributed by atoms with Crippen LogP contribution in [0, 0.1) is 5.41 Å². The molecule has 3 N–H and O–H groups in total. The van der Waals surface area contributed by atoms with Gasteiger partial charge in [-0.15, -0.1) is 0 Å². The van der Waals surface area contributed by atoms with Crippen LogP contribution >= 0.6 is 12.2 Å². The predicted octanol–water partition coefficient (Wildman–Crippen LogP) is 0.899. The van der Waals surface area contributed by atoms with Gasteiger partial charge in [-0.3, -0.25) is 4.79 Å². The Morgan fingerprint density at radius 3 is 2.47 bits per heavy atom. The Morgan fingerprint density at radius 1 is 1.53 bits per heavy atom. The van der Waals surface area contributed by atoms with Crippen LogP contribution in [-0.4, -0.2) is 42.0 Å². The van der Waals surface area contributed by atoms with Crippen molar-refractivity contribution in [2.75, 3.05) is 20.1 Å². The van der Waals surface area contributed by atoms with Crippen LogP contribution in [0.2, 0.25) is 0 Å². The fraction of sp³-hybridized carbons (Fsp3) is 0.833. The summed E-state index contributed by atoms with van der Waals surface area (Å²) in [7, 11) is 2.06. The SMILES string of the molecule is CCC(CC)(C(=O)NC1CCN(C)C1)C(N)=S. The van der Waals surface area contributed by atoms with Crippen molar-refractivity contribution in [2.45, 2.75) is 39.2 Å². The Kier molecular flexibility index (Phi) is 4.89. The van der Waals surface area contributed by atoms with Gasteiger partial charge in [-0.1, -0.05) is 26.1 Å². The third kappa shape index (κ3) is 2.96. The second-order valence-corrected chi connectivity index (χ2v) is 5.31. The van der Waals surface area contributed by atoms with Gasteiger partial charge in [0.2, 0.25) is 5.91 Å². The number of thiocarbonyl (C=S) groups is 1. The summed E-state index contributed by atoms with van der Waals surface area (Å²) in [5.74, 6) is -0.00435. The van der Waals surface area contributed by atoms with Crippen molar-refractivity contribution in [2.24, 2.45) is 11.1 Å². The van der Waals surface area contributed by atoms with E-state index < -0.39 is 5.41 Å². The second kappa shape index (κ2) is 5.78. The molecule has 0 spiro atoms. The molecule has 5 heteroatoms. The summed E-state index contributed by atoms with van der Waals surface area (Å²) in [5.41, 5.74) is 5.09. The van der Waals surface area contributed by atoms with Crippen LogP contribution in [0.15, 0.2) is 0 Å². The number of rotatable bonds is 5. The number of nitrogens with one attached hydrogen (secondary N) is 1. The van der Waals surface area contributed by atoms with E-state index in [9.17, 15) is 4.79 Å². The van der Waals surface area contributed by atoms with E-state index in [1.165, 1.54) is 0 Å². The maximum atomic E-state index is 12.3. The van der Waals surface area contributed by atoms with Crippen molar-refractivity contribution in [3.63, 3.8) is 0 Å². The maximum absolute atomic E-state index is 12.3. The molecule has 0 bridgehead atoms. The molecule has 1 heterocycles. The molecule has 0 radical (unpaired) electrons. The lowest BCUT2D eigenvalue weighted by molar-refractivity contribution is -0.128. The number of hydrogen-bond acceptors (Lipinski definition) is 3. The molecule has 98 valence electrons. The Labute approximate surface area is 109 Å². The highest BCUT2D eigenvalue weighted by Crippen LogP contribution is 2.27. The Morgan fingerprint density at radius 2 is 2.12 bits per heavy atom. The number of carbonyl (C=O) groups excluding carboxylic acids is 1. The molecule has 0 aromatic carbocycles. The number of likely N-dealkylation sites (tertiary alicyclic amines) is 1. The molecular weight excluding hydrogens is 234 g/mol. The average Bonchev–Trinajstić information content (AvgIpc) is 2.66. The molecule has 1 atom stereocenters. The zero-order valence-corrected chi connectivity index (χ0v) is 11.8. The molecule has 17 heavy (non-hydrogen) atoms. The van der Waals surface area contributed by atoms with Gasteiger partial charge in [-0.2, -0.15) is 0 Å². The van der Waals surface area contributed by atoms with Gasteiger partial charge >= 0.3 is 0 Å². The zero-order chi connectivity index (χ0) is 13.1. The van der Waals surface area contributed by atoms with Crippen LogP contribution in [-0.2, 0) is 4.79 Å². The van der Waals surface area contributed by atoms with E-state index in [2.05, 4.69) is 17.3 Å². The van der Waals surface area contributed by atoms with Gasteiger partial charge in [0.05, 0.1) is 10.4 Å². The summed E-state index contributed by atoms with van der Waals surface area (Å²) in [5, 5.41) is 3.09. The lowest BCUT2D eigenvalue weighted by Crippen LogP contribution is -2.51. The molecule has 1 fully saturated rings. The largest absolute Gasteiger partial charge is 0.392 e. The summed E-state index contributed by atoms with van der Waals surface area (Å²) in [6, 6.07) is 0.235. The highest BCUT2D eigenvalue weighted by Gasteiger charge is 2.39. The molecule has 0 saturated carbocycles. The average molecular weight is 257 g/mol. The minimum atomic E-state index is -0.670. The molecule has 0 aliphatic carbocycles. The van der Waals surface area contributed by atoms with Gasteiger partial charge in [-0.05, 0) is 32.9 Å². The first-order valence-corrected chi connectivity index (χ1v) is 6.66. The van der Waals surface area contributed by atoms with E-state index in [1.54, 1.807) is 0 Å². The lowest BCUT2D eigenvalue weighted by Gasteiger charge is -2.30. The van der Waals surface area contributed by atoms with Crippen LogP contribution in [0.25, 0.3) is 0 Å². The molecule has 0 aromatic heterocycles. The van der Waals surface area contributed by atoms with Crippen molar-refractivity contribution in [1.82, 2.24) is 10.2 Å². The van der Waals surface area contributed by atoms with Crippen LogP contribution in [0.4, 0.5) is 0 Å². The first-order valence-electron chi connectivity index (χ1n) is 6.25. The van der Waals surface area contributed by atoms with Crippen LogP contribution in [0.5, 0.6) is 0 Å². The van der Waals surface area contributed by atoms with Crippen molar-refractivity contribution in [1.29, 1.82) is 0 Å². The second-order valence-electron chi connectivity index (χ2n) is 4.87. The van der Waals surface area contributed by atoms with Crippen molar-refractivity contribution >= 4 is 23.1 Å². The van der Waals surface area contributed by atoms with Gasteiger partial charge < -0.3 is 16.0 Å². The van der Waals surface area contributed by atoms with Crippen molar-refractivity contribution < 1.29 is 4.79 Å². The zero-order valence-electron chi connectivity index (χ0n) is 11.0. The number of nitrogens with zero attached hydrogens (tertiary/aromatic N) is 1. The summed E-state index contributed by atoms with van der Waals surface area (Å²) in [4.78, 5) is 14.9. The molecule has 1 saturated heterocycles. The molecule has 1 amide bonds. The smallest absolute Gasteiger partial charge is 0.233 e. The van der Waals surface area contributed by atoms with E-state index in [0.717, 1.165) is 19.5 Å².